The Hall–Kier alpha value is -1.47. The zero-order chi connectivity index (χ0) is 18.6. The van der Waals surface area contributed by atoms with Crippen molar-refractivity contribution in [3.8, 4) is 0 Å². The van der Waals surface area contributed by atoms with Crippen molar-refractivity contribution in [1.82, 2.24) is 9.88 Å². The fourth-order valence-electron chi connectivity index (χ4n) is 2.70. The molecule has 1 fully saturated rings. The maximum Gasteiger partial charge on any atom is 0.307 e. The van der Waals surface area contributed by atoms with E-state index in [0.29, 0.717) is 18.0 Å². The van der Waals surface area contributed by atoms with Gasteiger partial charge in [-0.1, -0.05) is 20.8 Å². The van der Waals surface area contributed by atoms with Crippen LogP contribution in [0.2, 0.25) is 0 Å². The van der Waals surface area contributed by atoms with Gasteiger partial charge in [-0.2, -0.15) is 0 Å². The first-order valence-corrected chi connectivity index (χ1v) is 9.49. The van der Waals surface area contributed by atoms with Crippen molar-refractivity contribution in [1.29, 1.82) is 0 Å². The number of ether oxygens (including phenoxy) is 2. The molecule has 1 aliphatic heterocycles. The molecule has 2 rings (SSSR count). The van der Waals surface area contributed by atoms with Gasteiger partial charge in [0.25, 0.3) is 5.91 Å². The lowest BCUT2D eigenvalue weighted by atomic mass is 9.98. The highest BCUT2D eigenvalue weighted by Gasteiger charge is 2.28. The van der Waals surface area contributed by atoms with Crippen LogP contribution in [0.4, 0.5) is 0 Å². The van der Waals surface area contributed by atoms with E-state index in [9.17, 15) is 9.59 Å². The van der Waals surface area contributed by atoms with Gasteiger partial charge in [0, 0.05) is 25.1 Å². The molecule has 6 nitrogen and oxygen atoms in total. The van der Waals surface area contributed by atoms with Crippen LogP contribution in [0.1, 0.15) is 60.4 Å². The molecule has 0 N–H and O–H groups in total. The summed E-state index contributed by atoms with van der Waals surface area (Å²) in [7, 11) is 1.36. The fraction of sp³-hybridized carbons (Fsp3) is 0.722. The molecule has 1 aromatic rings. The molecule has 1 atom stereocenters. The summed E-state index contributed by atoms with van der Waals surface area (Å²) in [5, 5.41) is 0.943. The van der Waals surface area contributed by atoms with Crippen molar-refractivity contribution in [3.63, 3.8) is 0 Å². The van der Waals surface area contributed by atoms with Gasteiger partial charge >= 0.3 is 5.97 Å². The van der Waals surface area contributed by atoms with Crippen LogP contribution in [0.5, 0.6) is 0 Å². The monoisotopic (exact) mass is 368 g/mol. The molecule has 1 unspecified atom stereocenters. The SMILES string of the molecule is COC(=O)CCN(CC1CCCO1)C(=O)c1sc(C(C)(C)C)nc1C. The van der Waals surface area contributed by atoms with E-state index < -0.39 is 0 Å². The Morgan fingerprint density at radius 3 is 2.64 bits per heavy atom. The second-order valence-corrected chi connectivity index (χ2v) is 8.39. The van der Waals surface area contributed by atoms with E-state index in [1.165, 1.54) is 18.4 Å². The van der Waals surface area contributed by atoms with E-state index in [1.54, 1.807) is 4.90 Å². The largest absolute Gasteiger partial charge is 0.469 e. The Kier molecular flexibility index (Phi) is 6.57. The summed E-state index contributed by atoms with van der Waals surface area (Å²) in [6.45, 7) is 9.68. The second-order valence-electron chi connectivity index (χ2n) is 7.40. The molecule has 0 aliphatic carbocycles. The van der Waals surface area contributed by atoms with Gasteiger partial charge in [-0.15, -0.1) is 11.3 Å². The predicted molar refractivity (Wildman–Crippen MR) is 97.1 cm³/mol. The van der Waals surface area contributed by atoms with Gasteiger partial charge in [0.15, 0.2) is 0 Å². The molecule has 140 valence electrons. The number of aromatic nitrogens is 1. The minimum Gasteiger partial charge on any atom is -0.469 e. The van der Waals surface area contributed by atoms with Crippen LogP contribution in [0.15, 0.2) is 0 Å². The molecule has 2 heterocycles. The Morgan fingerprint density at radius 1 is 1.40 bits per heavy atom. The van der Waals surface area contributed by atoms with Crippen LogP contribution in [-0.4, -0.2) is 54.7 Å². The van der Waals surface area contributed by atoms with Crippen LogP contribution in [0.3, 0.4) is 0 Å². The van der Waals surface area contributed by atoms with Gasteiger partial charge in [0.1, 0.15) is 4.88 Å². The van der Waals surface area contributed by atoms with Crippen molar-refractivity contribution in [3.05, 3.63) is 15.6 Å². The Labute approximate surface area is 153 Å². The maximum atomic E-state index is 13.1. The number of aryl methyl sites for hydroxylation is 1. The lowest BCUT2D eigenvalue weighted by molar-refractivity contribution is -0.140. The molecule has 0 aromatic carbocycles. The third-order valence-corrected chi connectivity index (χ3v) is 5.75. The van der Waals surface area contributed by atoms with Crippen molar-refractivity contribution in [2.45, 2.75) is 58.5 Å². The van der Waals surface area contributed by atoms with E-state index in [0.717, 1.165) is 30.2 Å². The zero-order valence-electron chi connectivity index (χ0n) is 15.8. The summed E-state index contributed by atoms with van der Waals surface area (Å²) in [4.78, 5) is 31.5. The number of hydrogen-bond acceptors (Lipinski definition) is 6. The van der Waals surface area contributed by atoms with Crippen molar-refractivity contribution < 1.29 is 19.1 Å². The van der Waals surface area contributed by atoms with E-state index in [2.05, 4.69) is 25.8 Å². The van der Waals surface area contributed by atoms with Crippen LogP contribution in [0.25, 0.3) is 0 Å². The molecule has 0 radical (unpaired) electrons. The van der Waals surface area contributed by atoms with Crippen LogP contribution < -0.4 is 0 Å². The molecular formula is C18H28N2O4S. The number of esters is 1. The van der Waals surface area contributed by atoms with Crippen molar-refractivity contribution in [2.24, 2.45) is 0 Å². The lowest BCUT2D eigenvalue weighted by Gasteiger charge is -2.24. The van der Waals surface area contributed by atoms with Gasteiger partial charge in [-0.25, -0.2) is 4.98 Å². The molecule has 0 spiro atoms. The van der Waals surface area contributed by atoms with Gasteiger partial charge in [0.05, 0.1) is 30.3 Å². The normalized spacial score (nSPS) is 17.6. The van der Waals surface area contributed by atoms with E-state index in [1.807, 2.05) is 6.92 Å². The highest BCUT2D eigenvalue weighted by atomic mass is 32.1. The van der Waals surface area contributed by atoms with E-state index >= 15 is 0 Å². The fourth-order valence-corrected chi connectivity index (χ4v) is 3.79. The van der Waals surface area contributed by atoms with Gasteiger partial charge in [0.2, 0.25) is 0 Å². The molecule has 1 amide bonds. The number of carbonyl (C=O) groups is 2. The van der Waals surface area contributed by atoms with Crippen molar-refractivity contribution in [2.75, 3.05) is 26.8 Å². The molecular weight excluding hydrogens is 340 g/mol. The first-order valence-electron chi connectivity index (χ1n) is 8.68. The summed E-state index contributed by atoms with van der Waals surface area (Å²) in [6.07, 6.45) is 2.17. The summed E-state index contributed by atoms with van der Waals surface area (Å²) in [5.74, 6) is -0.397. The molecule has 1 saturated heterocycles. The number of rotatable bonds is 6. The van der Waals surface area contributed by atoms with Crippen LogP contribution in [-0.2, 0) is 19.7 Å². The minimum atomic E-state index is -0.318. The standard InChI is InChI=1S/C18H28N2O4S/c1-12-15(25-17(19-12)18(2,3)4)16(22)20(9-8-14(21)23-5)11-13-7-6-10-24-13/h13H,6-11H2,1-5H3. The van der Waals surface area contributed by atoms with Gasteiger partial charge < -0.3 is 14.4 Å². The second kappa shape index (κ2) is 8.27. The third kappa shape index (κ3) is 5.25. The van der Waals surface area contributed by atoms with Gasteiger partial charge in [-0.05, 0) is 19.8 Å². The quantitative estimate of drug-likeness (QED) is 0.722. The number of hydrogen-bond donors (Lipinski definition) is 0. The highest BCUT2D eigenvalue weighted by Crippen LogP contribution is 2.30. The number of amides is 1. The summed E-state index contributed by atoms with van der Waals surface area (Å²) >= 11 is 1.44. The Bertz CT molecular complexity index is 615. The summed E-state index contributed by atoms with van der Waals surface area (Å²) in [5.41, 5.74) is 0.648. The number of nitrogens with zero attached hydrogens (tertiary/aromatic N) is 2. The minimum absolute atomic E-state index is 0.0388. The van der Waals surface area contributed by atoms with Crippen molar-refractivity contribution >= 4 is 23.2 Å². The molecule has 0 saturated carbocycles. The molecule has 1 aromatic heterocycles. The number of methoxy groups -OCH3 is 1. The topological polar surface area (TPSA) is 68.7 Å². The highest BCUT2D eigenvalue weighted by molar-refractivity contribution is 7.14. The van der Waals surface area contributed by atoms with E-state index in [4.69, 9.17) is 9.47 Å². The number of thiazole rings is 1. The first-order chi connectivity index (χ1) is 11.7. The maximum absolute atomic E-state index is 13.1. The average molecular weight is 368 g/mol. The smallest absolute Gasteiger partial charge is 0.307 e. The zero-order valence-corrected chi connectivity index (χ0v) is 16.6. The number of carbonyl (C=O) groups excluding carboxylic acids is 2. The Morgan fingerprint density at radius 2 is 2.12 bits per heavy atom. The molecule has 25 heavy (non-hydrogen) atoms. The molecule has 7 heteroatoms. The van der Waals surface area contributed by atoms with E-state index in [-0.39, 0.29) is 29.8 Å². The molecule has 1 aliphatic rings. The van der Waals surface area contributed by atoms with Gasteiger partial charge in [-0.3, -0.25) is 9.59 Å². The lowest BCUT2D eigenvalue weighted by Crippen LogP contribution is -2.38. The summed E-state index contributed by atoms with van der Waals surface area (Å²) in [6, 6.07) is 0. The molecule has 0 bridgehead atoms. The summed E-state index contributed by atoms with van der Waals surface area (Å²) < 4.78 is 10.4. The Balaban J connectivity index is 2.18. The van der Waals surface area contributed by atoms with Crippen LogP contribution in [0, 0.1) is 6.92 Å². The van der Waals surface area contributed by atoms with Crippen LogP contribution >= 0.6 is 11.3 Å². The third-order valence-electron chi connectivity index (χ3n) is 4.18. The predicted octanol–water partition coefficient (Wildman–Crippen LogP) is 2.93. The average Bonchev–Trinajstić information content (AvgIpc) is 3.19. The first kappa shape index (κ1) is 19.8.